The van der Waals surface area contributed by atoms with Crippen LogP contribution in [0.1, 0.15) is 51.2 Å². The van der Waals surface area contributed by atoms with Gasteiger partial charge in [-0.15, -0.1) is 0 Å². The molecule has 1 aromatic rings. The monoisotopic (exact) mass is 261 g/mol. The van der Waals surface area contributed by atoms with Crippen molar-refractivity contribution in [1.29, 1.82) is 0 Å². The standard InChI is InChI=1S/C14H20O2.C2H6.B/c1-3-4-13(14(15)16)10-9-12-7-5-11(2)6-8-12;1-2;/h5-8,13H,3-4,9-10H2,1-2H3,(H,15,16);1-2H3;. The Morgan fingerprint density at radius 3 is 2.11 bits per heavy atom. The Kier molecular flexibility index (Phi) is 12.5. The summed E-state index contributed by atoms with van der Waals surface area (Å²) in [6, 6.07) is 8.32. The van der Waals surface area contributed by atoms with Crippen molar-refractivity contribution in [1.82, 2.24) is 0 Å². The molecule has 0 saturated carbocycles. The molecule has 0 fully saturated rings. The molecule has 0 bridgehead atoms. The summed E-state index contributed by atoms with van der Waals surface area (Å²) in [5.41, 5.74) is 2.47. The molecular formula is C16H26BO2. The zero-order chi connectivity index (χ0) is 14.0. The second-order valence-corrected chi connectivity index (χ2v) is 4.35. The summed E-state index contributed by atoms with van der Waals surface area (Å²) in [5.74, 6) is -0.847. The Labute approximate surface area is 119 Å². The molecule has 3 heteroatoms. The van der Waals surface area contributed by atoms with Gasteiger partial charge in [0.15, 0.2) is 0 Å². The zero-order valence-corrected chi connectivity index (χ0v) is 12.6. The van der Waals surface area contributed by atoms with E-state index < -0.39 is 5.97 Å². The van der Waals surface area contributed by atoms with Crippen LogP contribution in [0.5, 0.6) is 0 Å². The number of aliphatic carboxylic acids is 1. The third-order valence-electron chi connectivity index (χ3n) is 2.89. The lowest BCUT2D eigenvalue weighted by molar-refractivity contribution is -0.142. The fourth-order valence-electron chi connectivity index (χ4n) is 1.84. The zero-order valence-electron chi connectivity index (χ0n) is 12.6. The van der Waals surface area contributed by atoms with Gasteiger partial charge in [0.05, 0.1) is 5.92 Å². The Morgan fingerprint density at radius 1 is 1.16 bits per heavy atom. The molecule has 1 atom stereocenters. The summed E-state index contributed by atoms with van der Waals surface area (Å²) in [4.78, 5) is 11.0. The first kappa shape index (κ1) is 20.1. The van der Waals surface area contributed by atoms with E-state index in [0.29, 0.717) is 0 Å². The van der Waals surface area contributed by atoms with E-state index in [4.69, 9.17) is 5.11 Å². The van der Waals surface area contributed by atoms with Crippen LogP contribution in [0.3, 0.4) is 0 Å². The van der Waals surface area contributed by atoms with E-state index in [1.165, 1.54) is 11.1 Å². The van der Waals surface area contributed by atoms with E-state index in [2.05, 4.69) is 31.2 Å². The van der Waals surface area contributed by atoms with Gasteiger partial charge in [-0.2, -0.15) is 0 Å². The van der Waals surface area contributed by atoms with E-state index in [-0.39, 0.29) is 14.3 Å². The average Bonchev–Trinajstić information content (AvgIpc) is 2.38. The average molecular weight is 261 g/mol. The summed E-state index contributed by atoms with van der Waals surface area (Å²) >= 11 is 0. The molecule has 1 N–H and O–H groups in total. The quantitative estimate of drug-likeness (QED) is 0.783. The van der Waals surface area contributed by atoms with Crippen LogP contribution < -0.4 is 0 Å². The van der Waals surface area contributed by atoms with E-state index in [9.17, 15) is 4.79 Å². The minimum Gasteiger partial charge on any atom is -0.481 e. The van der Waals surface area contributed by atoms with E-state index in [1.807, 2.05) is 20.8 Å². The van der Waals surface area contributed by atoms with E-state index in [0.717, 1.165) is 25.7 Å². The maximum Gasteiger partial charge on any atom is 0.306 e. The summed E-state index contributed by atoms with van der Waals surface area (Å²) < 4.78 is 0. The summed E-state index contributed by atoms with van der Waals surface area (Å²) in [6.45, 7) is 8.09. The molecule has 0 aliphatic carbocycles. The van der Waals surface area contributed by atoms with Crippen LogP contribution in [0, 0.1) is 12.8 Å². The Morgan fingerprint density at radius 2 is 1.68 bits per heavy atom. The fraction of sp³-hybridized carbons (Fsp3) is 0.562. The van der Waals surface area contributed by atoms with Crippen LogP contribution in [0.2, 0.25) is 0 Å². The molecule has 0 heterocycles. The third kappa shape index (κ3) is 8.47. The Hall–Kier alpha value is -1.25. The lowest BCUT2D eigenvalue weighted by atomic mass is 9.95. The Balaban J connectivity index is 0. The predicted molar refractivity (Wildman–Crippen MR) is 82.6 cm³/mol. The minimum atomic E-state index is -0.658. The smallest absolute Gasteiger partial charge is 0.306 e. The molecule has 0 spiro atoms. The lowest BCUT2D eigenvalue weighted by Crippen LogP contribution is -2.14. The molecule has 0 saturated heterocycles. The molecule has 105 valence electrons. The highest BCUT2D eigenvalue weighted by Gasteiger charge is 2.15. The van der Waals surface area contributed by atoms with Gasteiger partial charge < -0.3 is 5.11 Å². The molecule has 19 heavy (non-hydrogen) atoms. The van der Waals surface area contributed by atoms with Crippen molar-refractivity contribution < 1.29 is 9.90 Å². The number of benzene rings is 1. The molecule has 1 rings (SSSR count). The second kappa shape index (κ2) is 11.8. The van der Waals surface area contributed by atoms with Crippen LogP contribution in [0.15, 0.2) is 24.3 Å². The molecule has 0 aliphatic rings. The normalized spacial score (nSPS) is 10.7. The first-order chi connectivity index (χ1) is 8.63. The van der Waals surface area contributed by atoms with Crippen LogP contribution >= 0.6 is 0 Å². The van der Waals surface area contributed by atoms with E-state index >= 15 is 0 Å². The van der Waals surface area contributed by atoms with Gasteiger partial charge in [0.2, 0.25) is 0 Å². The third-order valence-corrected chi connectivity index (χ3v) is 2.89. The largest absolute Gasteiger partial charge is 0.481 e. The fourth-order valence-corrected chi connectivity index (χ4v) is 1.84. The van der Waals surface area contributed by atoms with Gasteiger partial charge in [0.25, 0.3) is 0 Å². The van der Waals surface area contributed by atoms with Gasteiger partial charge >= 0.3 is 5.97 Å². The van der Waals surface area contributed by atoms with Crippen LogP contribution in [0.4, 0.5) is 0 Å². The van der Waals surface area contributed by atoms with Gasteiger partial charge in [-0.05, 0) is 31.7 Å². The lowest BCUT2D eigenvalue weighted by Gasteiger charge is -2.10. The van der Waals surface area contributed by atoms with Crippen molar-refractivity contribution in [3.05, 3.63) is 35.4 Å². The molecule has 0 aromatic heterocycles. The van der Waals surface area contributed by atoms with Crippen molar-refractivity contribution in [2.75, 3.05) is 0 Å². The van der Waals surface area contributed by atoms with Gasteiger partial charge in [0, 0.05) is 8.41 Å². The highest BCUT2D eigenvalue weighted by atomic mass is 16.4. The topological polar surface area (TPSA) is 37.3 Å². The van der Waals surface area contributed by atoms with Crippen molar-refractivity contribution in [3.63, 3.8) is 0 Å². The van der Waals surface area contributed by atoms with Crippen molar-refractivity contribution >= 4 is 14.4 Å². The van der Waals surface area contributed by atoms with Crippen molar-refractivity contribution in [2.45, 2.75) is 53.4 Å². The number of hydrogen-bond acceptors (Lipinski definition) is 1. The molecule has 0 amide bonds. The highest BCUT2D eigenvalue weighted by Crippen LogP contribution is 2.15. The molecule has 1 unspecified atom stereocenters. The van der Waals surface area contributed by atoms with E-state index in [1.54, 1.807) is 0 Å². The van der Waals surface area contributed by atoms with Crippen molar-refractivity contribution in [3.8, 4) is 0 Å². The Bertz CT molecular complexity index is 333. The molecule has 2 nitrogen and oxygen atoms in total. The minimum absolute atomic E-state index is 0. The molecule has 3 radical (unpaired) electrons. The van der Waals surface area contributed by atoms with Crippen LogP contribution in [-0.2, 0) is 11.2 Å². The van der Waals surface area contributed by atoms with Crippen LogP contribution in [0.25, 0.3) is 0 Å². The first-order valence-corrected chi connectivity index (χ1v) is 6.91. The molecule has 0 aliphatic heterocycles. The van der Waals surface area contributed by atoms with Gasteiger partial charge in [-0.1, -0.05) is 57.0 Å². The summed E-state index contributed by atoms with van der Waals surface area (Å²) in [7, 11) is 0. The SMILES string of the molecule is CC.CCCC(CCc1ccc(C)cc1)C(=O)O.[B]. The number of aryl methyl sites for hydroxylation is 2. The number of hydrogen-bond donors (Lipinski definition) is 1. The van der Waals surface area contributed by atoms with Crippen LogP contribution in [-0.4, -0.2) is 19.5 Å². The highest BCUT2D eigenvalue weighted by molar-refractivity contribution is 5.75. The first-order valence-electron chi connectivity index (χ1n) is 6.91. The molecule has 1 aromatic carbocycles. The van der Waals surface area contributed by atoms with Gasteiger partial charge in [-0.3, -0.25) is 4.79 Å². The predicted octanol–water partition coefficient (Wildman–Crippen LogP) is 4.07. The van der Waals surface area contributed by atoms with Gasteiger partial charge in [0.1, 0.15) is 0 Å². The number of carboxylic acid groups (broad SMARTS) is 1. The number of carbonyl (C=O) groups is 1. The number of carboxylic acids is 1. The summed E-state index contributed by atoms with van der Waals surface area (Å²) in [6.07, 6.45) is 3.32. The van der Waals surface area contributed by atoms with Gasteiger partial charge in [-0.25, -0.2) is 0 Å². The molecular weight excluding hydrogens is 235 g/mol. The summed E-state index contributed by atoms with van der Waals surface area (Å²) in [5, 5.41) is 9.03. The second-order valence-electron chi connectivity index (χ2n) is 4.35. The van der Waals surface area contributed by atoms with Crippen molar-refractivity contribution in [2.24, 2.45) is 5.92 Å². The number of rotatable bonds is 6. The maximum atomic E-state index is 11.0. The maximum absolute atomic E-state index is 11.0.